The van der Waals surface area contributed by atoms with Crippen LogP contribution in [0.15, 0.2) is 59.5 Å². The Labute approximate surface area is 189 Å². The van der Waals surface area contributed by atoms with Gasteiger partial charge >= 0.3 is 0 Å². The molecule has 1 saturated carbocycles. The van der Waals surface area contributed by atoms with Crippen LogP contribution in [0.1, 0.15) is 35.6 Å². The number of benzene rings is 2. The van der Waals surface area contributed by atoms with Gasteiger partial charge in [0.05, 0.1) is 17.6 Å². The first kappa shape index (κ1) is 20.5. The van der Waals surface area contributed by atoms with Crippen molar-refractivity contribution in [2.45, 2.75) is 38.8 Å². The van der Waals surface area contributed by atoms with Crippen LogP contribution >= 0.6 is 11.6 Å². The van der Waals surface area contributed by atoms with E-state index in [1.807, 2.05) is 43.3 Å². The first-order chi connectivity index (χ1) is 15.5. The van der Waals surface area contributed by atoms with Crippen molar-refractivity contribution in [1.29, 1.82) is 0 Å². The zero-order chi connectivity index (χ0) is 22.2. The Balaban J connectivity index is 1.48. The molecule has 32 heavy (non-hydrogen) atoms. The number of nitrogens with zero attached hydrogens (tertiary/aromatic N) is 4. The Morgan fingerprint density at radius 1 is 1.19 bits per heavy atom. The summed E-state index contributed by atoms with van der Waals surface area (Å²) in [6.45, 7) is 2.26. The van der Waals surface area contributed by atoms with Gasteiger partial charge in [-0.25, -0.2) is 9.36 Å². The number of hydrogen-bond acceptors (Lipinski definition) is 4. The number of nitrogens with one attached hydrogen (secondary N) is 1. The average molecular weight is 448 g/mol. The molecule has 0 radical (unpaired) electrons. The second-order valence-electron chi connectivity index (χ2n) is 8.18. The molecule has 1 fully saturated rings. The predicted molar refractivity (Wildman–Crippen MR) is 123 cm³/mol. The lowest BCUT2D eigenvalue weighted by Crippen LogP contribution is -2.34. The van der Waals surface area contributed by atoms with E-state index in [1.165, 1.54) is 4.68 Å². The molecule has 1 aliphatic rings. The molecule has 0 spiro atoms. The molecule has 0 unspecified atom stereocenters. The van der Waals surface area contributed by atoms with E-state index in [0.717, 1.165) is 35.0 Å². The maximum absolute atomic E-state index is 13.3. The van der Waals surface area contributed by atoms with Crippen LogP contribution in [0, 0.1) is 6.92 Å². The van der Waals surface area contributed by atoms with Crippen molar-refractivity contribution in [2.75, 3.05) is 0 Å². The lowest BCUT2D eigenvalue weighted by atomic mass is 10.1. The molecule has 2 aromatic heterocycles. The Bertz CT molecular complexity index is 1370. The van der Waals surface area contributed by atoms with Gasteiger partial charge in [-0.15, -0.1) is 0 Å². The highest BCUT2D eigenvalue weighted by Crippen LogP contribution is 2.41. The van der Waals surface area contributed by atoms with E-state index < -0.39 is 0 Å². The maximum Gasteiger partial charge on any atom is 0.293 e. The van der Waals surface area contributed by atoms with Crippen molar-refractivity contribution in [2.24, 2.45) is 0 Å². The van der Waals surface area contributed by atoms with Crippen molar-refractivity contribution in [3.05, 3.63) is 86.9 Å². The number of aromatic nitrogens is 4. The summed E-state index contributed by atoms with van der Waals surface area (Å²) in [7, 11) is 0. The van der Waals surface area contributed by atoms with Crippen LogP contribution < -0.4 is 10.9 Å². The minimum Gasteiger partial charge on any atom is -0.350 e. The minimum absolute atomic E-state index is 0.152. The first-order valence-electron chi connectivity index (χ1n) is 10.6. The number of aryl methyl sites for hydroxylation is 1. The van der Waals surface area contributed by atoms with Gasteiger partial charge in [-0.3, -0.25) is 9.59 Å². The monoisotopic (exact) mass is 447 g/mol. The van der Waals surface area contributed by atoms with Gasteiger partial charge in [-0.2, -0.15) is 10.2 Å². The van der Waals surface area contributed by atoms with Gasteiger partial charge in [0.15, 0.2) is 0 Å². The highest BCUT2D eigenvalue weighted by Gasteiger charge is 2.30. The number of hydrogen-bond donors (Lipinski definition) is 1. The third kappa shape index (κ3) is 4.03. The van der Waals surface area contributed by atoms with Crippen LogP contribution in [-0.4, -0.2) is 25.5 Å². The summed E-state index contributed by atoms with van der Waals surface area (Å²) in [5.74, 6) is 0.0204. The van der Waals surface area contributed by atoms with Gasteiger partial charge < -0.3 is 5.32 Å². The van der Waals surface area contributed by atoms with Crippen LogP contribution in [0.3, 0.4) is 0 Å². The molecule has 1 amide bonds. The van der Waals surface area contributed by atoms with Crippen LogP contribution in [0.4, 0.5) is 0 Å². The molecule has 1 aliphatic carbocycles. The molecule has 0 aliphatic heterocycles. The number of fused-ring (bicyclic) bond motifs is 1. The number of amides is 1. The fourth-order valence-corrected chi connectivity index (χ4v) is 3.95. The number of carbonyl (C=O) groups is 1. The summed E-state index contributed by atoms with van der Waals surface area (Å²) >= 11 is 6.15. The lowest BCUT2D eigenvalue weighted by molar-refractivity contribution is -0.122. The maximum atomic E-state index is 13.3. The normalized spacial score (nSPS) is 13.4. The highest BCUT2D eigenvalue weighted by atomic mass is 35.5. The Hall–Kier alpha value is -3.45. The Morgan fingerprint density at radius 3 is 2.69 bits per heavy atom. The van der Waals surface area contributed by atoms with Gasteiger partial charge in [0.2, 0.25) is 5.91 Å². The largest absolute Gasteiger partial charge is 0.350 e. The highest BCUT2D eigenvalue weighted by molar-refractivity contribution is 6.30. The van der Waals surface area contributed by atoms with E-state index in [1.54, 1.807) is 23.0 Å². The van der Waals surface area contributed by atoms with E-state index in [-0.39, 0.29) is 23.9 Å². The van der Waals surface area contributed by atoms with Crippen LogP contribution in [-0.2, 0) is 17.9 Å². The summed E-state index contributed by atoms with van der Waals surface area (Å²) < 4.78 is 2.83. The van der Waals surface area contributed by atoms with E-state index in [0.29, 0.717) is 22.8 Å². The van der Waals surface area contributed by atoms with Crippen LogP contribution in [0.25, 0.3) is 16.6 Å². The van der Waals surface area contributed by atoms with Crippen molar-refractivity contribution < 1.29 is 4.79 Å². The molecule has 5 rings (SSSR count). The van der Waals surface area contributed by atoms with Gasteiger partial charge in [0.1, 0.15) is 12.1 Å². The van der Waals surface area contributed by atoms with E-state index in [4.69, 9.17) is 11.6 Å². The molecule has 2 heterocycles. The predicted octanol–water partition coefficient (Wildman–Crippen LogP) is 3.74. The van der Waals surface area contributed by atoms with E-state index in [2.05, 4.69) is 15.5 Å². The number of rotatable bonds is 6. The summed E-state index contributed by atoms with van der Waals surface area (Å²) in [4.78, 5) is 26.0. The van der Waals surface area contributed by atoms with Gasteiger partial charge in [-0.05, 0) is 43.5 Å². The SMILES string of the molecule is Cc1ccc(CNC(=O)Cn2nc(C3CC3)c3cnn(-c4cccc(Cl)c4)c3c2=O)cc1. The third-order valence-electron chi connectivity index (χ3n) is 5.63. The minimum atomic E-state index is -0.354. The molecule has 0 bridgehead atoms. The zero-order valence-corrected chi connectivity index (χ0v) is 18.3. The smallest absolute Gasteiger partial charge is 0.293 e. The zero-order valence-electron chi connectivity index (χ0n) is 17.6. The molecule has 0 atom stereocenters. The third-order valence-corrected chi connectivity index (χ3v) is 5.87. The van der Waals surface area contributed by atoms with Crippen LogP contribution in [0.2, 0.25) is 5.02 Å². The average Bonchev–Trinajstić information content (AvgIpc) is 3.53. The Kier molecular flexibility index (Phi) is 5.27. The van der Waals surface area contributed by atoms with Gasteiger partial charge in [-0.1, -0.05) is 47.5 Å². The fourth-order valence-electron chi connectivity index (χ4n) is 3.76. The van der Waals surface area contributed by atoms with Gasteiger partial charge in [0.25, 0.3) is 5.56 Å². The Morgan fingerprint density at radius 2 is 1.97 bits per heavy atom. The van der Waals surface area contributed by atoms with Crippen molar-refractivity contribution >= 4 is 28.4 Å². The molecule has 4 aromatic rings. The van der Waals surface area contributed by atoms with E-state index in [9.17, 15) is 9.59 Å². The van der Waals surface area contributed by atoms with Crippen molar-refractivity contribution in [3.8, 4) is 5.69 Å². The van der Waals surface area contributed by atoms with Crippen molar-refractivity contribution in [3.63, 3.8) is 0 Å². The molecule has 162 valence electrons. The van der Waals surface area contributed by atoms with E-state index >= 15 is 0 Å². The fraction of sp³-hybridized carbons (Fsp3) is 0.250. The summed E-state index contributed by atoms with van der Waals surface area (Å²) in [6, 6.07) is 15.1. The molecule has 1 N–H and O–H groups in total. The molecule has 2 aromatic carbocycles. The topological polar surface area (TPSA) is 81.8 Å². The quantitative estimate of drug-likeness (QED) is 0.488. The van der Waals surface area contributed by atoms with Crippen LogP contribution in [0.5, 0.6) is 0 Å². The number of carbonyl (C=O) groups excluding carboxylic acids is 1. The molecular formula is C24H22ClN5O2. The first-order valence-corrected chi connectivity index (χ1v) is 10.9. The second kappa shape index (κ2) is 8.24. The lowest BCUT2D eigenvalue weighted by Gasteiger charge is -2.11. The molecule has 7 nitrogen and oxygen atoms in total. The van der Waals surface area contributed by atoms with Crippen molar-refractivity contribution in [1.82, 2.24) is 24.9 Å². The molecular weight excluding hydrogens is 426 g/mol. The summed E-state index contributed by atoms with van der Waals surface area (Å²) in [5, 5.41) is 13.2. The molecule has 8 heteroatoms. The number of halogens is 1. The second-order valence-corrected chi connectivity index (χ2v) is 8.62. The molecule has 0 saturated heterocycles. The summed E-state index contributed by atoms with van der Waals surface area (Å²) in [5.41, 5.74) is 3.72. The standard InChI is InChI=1S/C24H22ClN5O2/c1-15-5-7-16(8-6-15)12-26-21(31)14-29-24(32)23-20(22(28-29)17-9-10-17)13-27-30(23)19-4-2-3-18(25)11-19/h2-8,11,13,17H,9-10,12,14H2,1H3,(H,26,31). The van der Waals surface area contributed by atoms with Gasteiger partial charge in [0, 0.05) is 22.9 Å². The summed E-state index contributed by atoms with van der Waals surface area (Å²) in [6.07, 6.45) is 3.71.